The molecule has 0 aliphatic heterocycles. The fourth-order valence-corrected chi connectivity index (χ4v) is 3.05. The van der Waals surface area contributed by atoms with Gasteiger partial charge >= 0.3 is 5.97 Å². The number of esters is 1. The van der Waals surface area contributed by atoms with Crippen LogP contribution in [-0.4, -0.2) is 22.6 Å². The monoisotopic (exact) mass is 338 g/mol. The average molecular weight is 338 g/mol. The van der Waals surface area contributed by atoms with E-state index in [4.69, 9.17) is 4.74 Å². The Kier molecular flexibility index (Phi) is 4.52. The lowest BCUT2D eigenvalue weighted by molar-refractivity contribution is -0.384. The van der Waals surface area contributed by atoms with Gasteiger partial charge in [-0.3, -0.25) is 14.9 Å². The molecule has 0 radical (unpaired) electrons. The van der Waals surface area contributed by atoms with E-state index in [-0.39, 0.29) is 18.1 Å². The molecule has 1 aromatic heterocycles. The zero-order valence-corrected chi connectivity index (χ0v) is 14.1. The van der Waals surface area contributed by atoms with Crippen LogP contribution in [0.2, 0.25) is 0 Å². The van der Waals surface area contributed by atoms with Gasteiger partial charge in [0.1, 0.15) is 0 Å². The Bertz CT molecular complexity index is 942. The van der Waals surface area contributed by atoms with E-state index in [1.165, 1.54) is 19.2 Å². The van der Waals surface area contributed by atoms with E-state index in [0.29, 0.717) is 6.54 Å². The van der Waals surface area contributed by atoms with E-state index in [0.717, 1.165) is 27.7 Å². The molecule has 0 aliphatic carbocycles. The van der Waals surface area contributed by atoms with Crippen molar-refractivity contribution in [3.8, 4) is 0 Å². The molecule has 0 unspecified atom stereocenters. The molecule has 0 spiro atoms. The van der Waals surface area contributed by atoms with E-state index in [9.17, 15) is 14.9 Å². The van der Waals surface area contributed by atoms with Crippen molar-refractivity contribution in [1.82, 2.24) is 4.57 Å². The van der Waals surface area contributed by atoms with Crippen LogP contribution in [-0.2, 0) is 22.5 Å². The van der Waals surface area contributed by atoms with Crippen LogP contribution >= 0.6 is 0 Å². The summed E-state index contributed by atoms with van der Waals surface area (Å²) in [4.78, 5) is 22.1. The van der Waals surface area contributed by atoms with Gasteiger partial charge in [-0.05, 0) is 24.1 Å². The average Bonchev–Trinajstić information content (AvgIpc) is 2.88. The molecule has 2 aromatic carbocycles. The summed E-state index contributed by atoms with van der Waals surface area (Å²) in [5.74, 6) is -0.277. The summed E-state index contributed by atoms with van der Waals surface area (Å²) < 4.78 is 6.93. The highest BCUT2D eigenvalue weighted by Crippen LogP contribution is 2.27. The zero-order chi connectivity index (χ0) is 18.0. The summed E-state index contributed by atoms with van der Waals surface area (Å²) in [7, 11) is 1.38. The number of ether oxygens (including phenoxy) is 1. The number of non-ortho nitro benzene ring substituents is 1. The molecule has 128 valence electrons. The largest absolute Gasteiger partial charge is 0.469 e. The highest BCUT2D eigenvalue weighted by atomic mass is 16.6. The molecule has 6 nitrogen and oxygen atoms in total. The van der Waals surface area contributed by atoms with Crippen molar-refractivity contribution in [1.29, 1.82) is 0 Å². The van der Waals surface area contributed by atoms with Crippen LogP contribution in [0.15, 0.2) is 48.5 Å². The smallest absolute Gasteiger partial charge is 0.310 e. The van der Waals surface area contributed by atoms with Crippen molar-refractivity contribution in [2.75, 3.05) is 7.11 Å². The highest BCUT2D eigenvalue weighted by molar-refractivity contribution is 5.89. The number of aromatic nitrogens is 1. The summed E-state index contributed by atoms with van der Waals surface area (Å²) in [5.41, 5.74) is 4.00. The molecule has 0 amide bonds. The number of nitro benzene ring substituents is 1. The van der Waals surface area contributed by atoms with Gasteiger partial charge in [0.15, 0.2) is 0 Å². The molecule has 0 atom stereocenters. The molecule has 0 saturated carbocycles. The normalized spacial score (nSPS) is 10.8. The second kappa shape index (κ2) is 6.76. The van der Waals surface area contributed by atoms with Gasteiger partial charge in [-0.1, -0.05) is 30.3 Å². The van der Waals surface area contributed by atoms with Gasteiger partial charge in [-0.15, -0.1) is 0 Å². The maximum absolute atomic E-state index is 11.8. The zero-order valence-electron chi connectivity index (χ0n) is 14.1. The number of methoxy groups -OCH3 is 1. The maximum atomic E-state index is 11.8. The third-order valence-corrected chi connectivity index (χ3v) is 4.40. The van der Waals surface area contributed by atoms with Crippen molar-refractivity contribution >= 4 is 22.6 Å². The Morgan fingerprint density at radius 3 is 2.48 bits per heavy atom. The van der Waals surface area contributed by atoms with Crippen LogP contribution in [0.3, 0.4) is 0 Å². The molecule has 3 aromatic rings. The number of hydrogen-bond acceptors (Lipinski definition) is 4. The van der Waals surface area contributed by atoms with Gasteiger partial charge in [-0.2, -0.15) is 0 Å². The SMILES string of the molecule is COC(=O)Cc1c(C)n(Cc2ccc([N+](=O)[O-])cc2)c2ccccc12. The molecule has 3 rings (SSSR count). The minimum Gasteiger partial charge on any atom is -0.469 e. The molecule has 6 heteroatoms. The predicted octanol–water partition coefficient (Wildman–Crippen LogP) is 3.62. The number of nitro groups is 1. The van der Waals surface area contributed by atoms with Gasteiger partial charge in [0.25, 0.3) is 5.69 Å². The second-order valence-corrected chi connectivity index (χ2v) is 5.84. The van der Waals surface area contributed by atoms with Crippen LogP contribution in [0.1, 0.15) is 16.8 Å². The van der Waals surface area contributed by atoms with Crippen LogP contribution in [0.5, 0.6) is 0 Å². The van der Waals surface area contributed by atoms with E-state index in [2.05, 4.69) is 4.57 Å². The van der Waals surface area contributed by atoms with E-state index >= 15 is 0 Å². The van der Waals surface area contributed by atoms with Gasteiger partial charge < -0.3 is 9.30 Å². The first-order valence-electron chi connectivity index (χ1n) is 7.88. The summed E-state index contributed by atoms with van der Waals surface area (Å²) >= 11 is 0. The summed E-state index contributed by atoms with van der Waals surface area (Å²) in [6, 6.07) is 14.4. The number of nitrogens with zero attached hydrogens (tertiary/aromatic N) is 2. The Labute approximate surface area is 144 Å². The quantitative estimate of drug-likeness (QED) is 0.404. The highest BCUT2D eigenvalue weighted by Gasteiger charge is 2.17. The number of fused-ring (bicyclic) bond motifs is 1. The first kappa shape index (κ1) is 16.7. The standard InChI is InChI=1S/C19H18N2O4/c1-13-17(11-19(22)25-2)16-5-3-4-6-18(16)20(13)12-14-7-9-15(10-8-14)21(23)24/h3-10H,11-12H2,1-2H3. The van der Waals surface area contributed by atoms with Gasteiger partial charge in [-0.25, -0.2) is 0 Å². The van der Waals surface area contributed by atoms with E-state index in [1.807, 2.05) is 31.2 Å². The lowest BCUT2D eigenvalue weighted by atomic mass is 10.1. The minimum atomic E-state index is -0.408. The Morgan fingerprint density at radius 2 is 1.84 bits per heavy atom. The number of carbonyl (C=O) groups excluding carboxylic acids is 1. The first-order valence-corrected chi connectivity index (χ1v) is 7.88. The van der Waals surface area contributed by atoms with Crippen molar-refractivity contribution in [3.05, 3.63) is 75.5 Å². The summed E-state index contributed by atoms with van der Waals surface area (Å²) in [5, 5.41) is 11.8. The van der Waals surface area contributed by atoms with Crippen molar-refractivity contribution in [2.45, 2.75) is 19.9 Å². The molecule has 0 N–H and O–H groups in total. The molecule has 1 heterocycles. The summed E-state index contributed by atoms with van der Waals surface area (Å²) in [6.07, 6.45) is 0.218. The Morgan fingerprint density at radius 1 is 1.16 bits per heavy atom. The van der Waals surface area contributed by atoms with Crippen molar-refractivity contribution in [3.63, 3.8) is 0 Å². The number of benzene rings is 2. The fraction of sp³-hybridized carbons (Fsp3) is 0.211. The van der Waals surface area contributed by atoms with Crippen molar-refractivity contribution in [2.24, 2.45) is 0 Å². The predicted molar refractivity (Wildman–Crippen MR) is 94.6 cm³/mol. The van der Waals surface area contributed by atoms with Gasteiger partial charge in [0.2, 0.25) is 0 Å². The number of hydrogen-bond donors (Lipinski definition) is 0. The maximum Gasteiger partial charge on any atom is 0.310 e. The Hall–Kier alpha value is -3.15. The van der Waals surface area contributed by atoms with Crippen LogP contribution < -0.4 is 0 Å². The number of para-hydroxylation sites is 1. The molecule has 0 aliphatic rings. The molecule has 0 bridgehead atoms. The van der Waals surface area contributed by atoms with Crippen LogP contribution in [0, 0.1) is 17.0 Å². The number of carbonyl (C=O) groups is 1. The third-order valence-electron chi connectivity index (χ3n) is 4.40. The van der Waals surface area contributed by atoms with Crippen LogP contribution in [0.25, 0.3) is 10.9 Å². The van der Waals surface area contributed by atoms with Gasteiger partial charge in [0.05, 0.1) is 18.5 Å². The fourth-order valence-electron chi connectivity index (χ4n) is 3.05. The van der Waals surface area contributed by atoms with Crippen LogP contribution in [0.4, 0.5) is 5.69 Å². The topological polar surface area (TPSA) is 74.4 Å². The minimum absolute atomic E-state index is 0.0733. The van der Waals surface area contributed by atoms with E-state index in [1.54, 1.807) is 12.1 Å². The molecular formula is C19H18N2O4. The first-order chi connectivity index (χ1) is 12.0. The van der Waals surface area contributed by atoms with Gasteiger partial charge in [0, 0.05) is 35.3 Å². The number of rotatable bonds is 5. The second-order valence-electron chi connectivity index (χ2n) is 5.84. The lowest BCUT2D eigenvalue weighted by Crippen LogP contribution is -2.07. The van der Waals surface area contributed by atoms with E-state index < -0.39 is 4.92 Å². The molecular weight excluding hydrogens is 320 g/mol. The van der Waals surface area contributed by atoms with Crippen molar-refractivity contribution < 1.29 is 14.5 Å². The molecule has 25 heavy (non-hydrogen) atoms. The molecule has 0 fully saturated rings. The third kappa shape index (κ3) is 3.24. The summed E-state index contributed by atoms with van der Waals surface area (Å²) in [6.45, 7) is 2.55. The molecule has 0 saturated heterocycles. The lowest BCUT2D eigenvalue weighted by Gasteiger charge is -2.09. The Balaban J connectivity index is 2.02.